The number of hydrogen-bond acceptors (Lipinski definition) is 2. The predicted molar refractivity (Wildman–Crippen MR) is 74.3 cm³/mol. The van der Waals surface area contributed by atoms with Gasteiger partial charge >= 0.3 is 0 Å². The van der Waals surface area contributed by atoms with Crippen molar-refractivity contribution in [3.8, 4) is 10.4 Å². The number of rotatable bonds is 4. The molecule has 3 rings (SSSR count). The zero-order valence-corrected chi connectivity index (χ0v) is 11.2. The van der Waals surface area contributed by atoms with E-state index >= 15 is 0 Å². The van der Waals surface area contributed by atoms with Crippen LogP contribution in [0.4, 0.5) is 4.39 Å². The van der Waals surface area contributed by atoms with Crippen molar-refractivity contribution in [1.29, 1.82) is 0 Å². The first-order valence-corrected chi connectivity index (χ1v) is 7.12. The Morgan fingerprint density at radius 2 is 2.11 bits per heavy atom. The summed E-state index contributed by atoms with van der Waals surface area (Å²) >= 11 is 1.75. The van der Waals surface area contributed by atoms with Gasteiger partial charge in [0, 0.05) is 22.3 Å². The molecule has 1 aromatic carbocycles. The van der Waals surface area contributed by atoms with E-state index in [1.807, 2.05) is 13.0 Å². The fourth-order valence-corrected chi connectivity index (χ4v) is 3.05. The lowest BCUT2D eigenvalue weighted by atomic mass is 10.1. The number of thiophene rings is 1. The van der Waals surface area contributed by atoms with E-state index in [0.717, 1.165) is 28.6 Å². The summed E-state index contributed by atoms with van der Waals surface area (Å²) in [6.07, 6.45) is 2.61. The van der Waals surface area contributed by atoms with Crippen LogP contribution in [-0.4, -0.2) is 6.04 Å². The van der Waals surface area contributed by atoms with Crippen molar-refractivity contribution in [1.82, 2.24) is 5.32 Å². The Kier molecular flexibility index (Phi) is 3.18. The maximum atomic E-state index is 13.3. The van der Waals surface area contributed by atoms with Crippen LogP contribution < -0.4 is 5.32 Å². The minimum absolute atomic E-state index is 0.165. The molecule has 0 unspecified atom stereocenters. The number of halogens is 1. The van der Waals surface area contributed by atoms with Gasteiger partial charge in [-0.3, -0.25) is 0 Å². The predicted octanol–water partition coefficient (Wildman–Crippen LogP) is 4.11. The molecular weight excluding hydrogens is 245 g/mol. The largest absolute Gasteiger partial charge is 0.309 e. The molecule has 3 heteroatoms. The van der Waals surface area contributed by atoms with Gasteiger partial charge in [-0.2, -0.15) is 0 Å². The second-order valence-electron chi connectivity index (χ2n) is 4.88. The highest BCUT2D eigenvalue weighted by Crippen LogP contribution is 2.31. The lowest BCUT2D eigenvalue weighted by molar-refractivity contribution is 0.628. The van der Waals surface area contributed by atoms with Crippen LogP contribution in [0, 0.1) is 12.7 Å². The van der Waals surface area contributed by atoms with Crippen LogP contribution in [-0.2, 0) is 6.54 Å². The molecule has 0 radical (unpaired) electrons. The van der Waals surface area contributed by atoms with Gasteiger partial charge in [-0.1, -0.05) is 6.07 Å². The van der Waals surface area contributed by atoms with Gasteiger partial charge in [0.05, 0.1) is 0 Å². The Morgan fingerprint density at radius 1 is 1.28 bits per heavy atom. The van der Waals surface area contributed by atoms with Crippen LogP contribution in [0.1, 0.15) is 23.3 Å². The summed E-state index contributed by atoms with van der Waals surface area (Å²) in [5.41, 5.74) is 2.14. The molecule has 1 fully saturated rings. The average molecular weight is 261 g/mol. The first-order chi connectivity index (χ1) is 8.72. The molecule has 1 aliphatic carbocycles. The molecule has 0 bridgehead atoms. The third kappa shape index (κ3) is 2.62. The molecule has 18 heavy (non-hydrogen) atoms. The maximum absolute atomic E-state index is 13.3. The molecule has 1 N–H and O–H groups in total. The van der Waals surface area contributed by atoms with Gasteiger partial charge in [0.15, 0.2) is 0 Å². The fourth-order valence-electron chi connectivity index (χ4n) is 2.01. The number of aryl methyl sites for hydroxylation is 1. The van der Waals surface area contributed by atoms with Crippen molar-refractivity contribution in [2.75, 3.05) is 0 Å². The lowest BCUT2D eigenvalue weighted by Gasteiger charge is -2.03. The Balaban J connectivity index is 1.80. The van der Waals surface area contributed by atoms with Gasteiger partial charge in [-0.15, -0.1) is 11.3 Å². The molecule has 94 valence electrons. The molecular formula is C15H16FNS. The molecule has 1 aromatic heterocycles. The molecule has 1 heterocycles. The van der Waals surface area contributed by atoms with Crippen LogP contribution >= 0.6 is 11.3 Å². The van der Waals surface area contributed by atoms with Crippen LogP contribution in [0.3, 0.4) is 0 Å². The van der Waals surface area contributed by atoms with E-state index in [-0.39, 0.29) is 5.82 Å². The summed E-state index contributed by atoms with van der Waals surface area (Å²) in [5, 5.41) is 3.50. The first kappa shape index (κ1) is 11.9. The third-order valence-corrected chi connectivity index (χ3v) is 4.39. The highest BCUT2D eigenvalue weighted by molar-refractivity contribution is 7.15. The molecule has 0 saturated heterocycles. The van der Waals surface area contributed by atoms with Crippen molar-refractivity contribution in [3.63, 3.8) is 0 Å². The zero-order valence-electron chi connectivity index (χ0n) is 10.4. The van der Waals surface area contributed by atoms with E-state index in [9.17, 15) is 4.39 Å². The van der Waals surface area contributed by atoms with E-state index < -0.39 is 0 Å². The van der Waals surface area contributed by atoms with Crippen LogP contribution in [0.2, 0.25) is 0 Å². The summed E-state index contributed by atoms with van der Waals surface area (Å²) in [7, 11) is 0. The minimum atomic E-state index is -0.165. The van der Waals surface area contributed by atoms with Gasteiger partial charge in [0.25, 0.3) is 0 Å². The van der Waals surface area contributed by atoms with Crippen molar-refractivity contribution in [2.24, 2.45) is 0 Å². The normalized spacial score (nSPS) is 15.0. The van der Waals surface area contributed by atoms with Gasteiger partial charge in [-0.25, -0.2) is 4.39 Å². The molecule has 1 aliphatic rings. The fraction of sp³-hybridized carbons (Fsp3) is 0.333. The van der Waals surface area contributed by atoms with Crippen molar-refractivity contribution < 1.29 is 4.39 Å². The molecule has 0 amide bonds. The van der Waals surface area contributed by atoms with Gasteiger partial charge in [-0.05, 0) is 55.2 Å². The van der Waals surface area contributed by atoms with E-state index in [0.29, 0.717) is 0 Å². The number of nitrogens with one attached hydrogen (secondary N) is 1. The van der Waals surface area contributed by atoms with Crippen LogP contribution in [0.25, 0.3) is 10.4 Å². The SMILES string of the molecule is Cc1ccc(F)cc1-c1ccc(CNC2CC2)s1. The van der Waals surface area contributed by atoms with Crippen LogP contribution in [0.5, 0.6) is 0 Å². The molecule has 0 spiro atoms. The summed E-state index contributed by atoms with van der Waals surface area (Å²) in [6.45, 7) is 2.96. The van der Waals surface area contributed by atoms with E-state index in [2.05, 4.69) is 17.4 Å². The van der Waals surface area contributed by atoms with Crippen molar-refractivity contribution in [3.05, 3.63) is 46.6 Å². The molecule has 1 saturated carbocycles. The third-order valence-electron chi connectivity index (χ3n) is 3.27. The van der Waals surface area contributed by atoms with Gasteiger partial charge in [0.2, 0.25) is 0 Å². The second kappa shape index (κ2) is 4.82. The molecule has 1 nitrogen and oxygen atoms in total. The Morgan fingerprint density at radius 3 is 2.89 bits per heavy atom. The van der Waals surface area contributed by atoms with Crippen LogP contribution in [0.15, 0.2) is 30.3 Å². The summed E-state index contributed by atoms with van der Waals surface area (Å²) in [4.78, 5) is 2.47. The van der Waals surface area contributed by atoms with Crippen molar-refractivity contribution >= 4 is 11.3 Å². The topological polar surface area (TPSA) is 12.0 Å². The standard InChI is InChI=1S/C15H16FNS/c1-10-2-3-11(16)8-14(10)15-7-6-13(18-15)9-17-12-4-5-12/h2-3,6-8,12,17H,4-5,9H2,1H3. The average Bonchev–Trinajstić information content (AvgIpc) is 3.08. The van der Waals surface area contributed by atoms with E-state index in [1.165, 1.54) is 23.8 Å². The van der Waals surface area contributed by atoms with Gasteiger partial charge in [0.1, 0.15) is 5.82 Å². The number of hydrogen-bond donors (Lipinski definition) is 1. The van der Waals surface area contributed by atoms with Gasteiger partial charge < -0.3 is 5.32 Å². The molecule has 0 aliphatic heterocycles. The van der Waals surface area contributed by atoms with E-state index in [4.69, 9.17) is 0 Å². The highest BCUT2D eigenvalue weighted by atomic mass is 32.1. The zero-order chi connectivity index (χ0) is 12.5. The highest BCUT2D eigenvalue weighted by Gasteiger charge is 2.20. The lowest BCUT2D eigenvalue weighted by Crippen LogP contribution is -2.14. The van der Waals surface area contributed by atoms with E-state index in [1.54, 1.807) is 17.4 Å². The summed E-state index contributed by atoms with van der Waals surface area (Å²) in [6, 6.07) is 9.94. The smallest absolute Gasteiger partial charge is 0.123 e. The molecule has 0 atom stereocenters. The maximum Gasteiger partial charge on any atom is 0.123 e. The summed E-state index contributed by atoms with van der Waals surface area (Å²) in [5.74, 6) is -0.165. The monoisotopic (exact) mass is 261 g/mol. The minimum Gasteiger partial charge on any atom is -0.309 e. The quantitative estimate of drug-likeness (QED) is 0.873. The Hall–Kier alpha value is -1.19. The molecule has 2 aromatic rings. The Bertz CT molecular complexity index is 557. The second-order valence-corrected chi connectivity index (χ2v) is 6.05. The van der Waals surface area contributed by atoms with Crippen molar-refractivity contribution in [2.45, 2.75) is 32.4 Å². The first-order valence-electron chi connectivity index (χ1n) is 6.31. The number of benzene rings is 1. The summed E-state index contributed by atoms with van der Waals surface area (Å²) < 4.78 is 13.3. The Labute approximate surface area is 111 Å².